The largest absolute Gasteiger partial charge is 0.379 e. The van der Waals surface area contributed by atoms with Gasteiger partial charge in [0.2, 0.25) is 0 Å². The summed E-state index contributed by atoms with van der Waals surface area (Å²) in [6, 6.07) is 7.69. The van der Waals surface area contributed by atoms with Gasteiger partial charge in [-0.25, -0.2) is 0 Å². The molecule has 5 heteroatoms. The zero-order valence-electron chi connectivity index (χ0n) is 12.9. The molecule has 0 atom stereocenters. The number of ether oxygens (including phenoxy) is 1. The number of aromatic nitrogens is 2. The molecular formula is C17H21N3O2. The van der Waals surface area contributed by atoms with Crippen LogP contribution in [0.1, 0.15) is 17.3 Å². The van der Waals surface area contributed by atoms with E-state index < -0.39 is 0 Å². The van der Waals surface area contributed by atoms with E-state index in [-0.39, 0.29) is 5.78 Å². The first-order valence-corrected chi connectivity index (χ1v) is 7.66. The Labute approximate surface area is 130 Å². The molecular weight excluding hydrogens is 278 g/mol. The van der Waals surface area contributed by atoms with Crippen molar-refractivity contribution in [3.8, 4) is 11.1 Å². The van der Waals surface area contributed by atoms with E-state index in [1.165, 1.54) is 0 Å². The highest BCUT2D eigenvalue weighted by Gasteiger charge is 2.10. The Kier molecular flexibility index (Phi) is 4.65. The number of hydrogen-bond donors (Lipinski definition) is 0. The molecule has 1 aromatic carbocycles. The van der Waals surface area contributed by atoms with Gasteiger partial charge in [0.05, 0.1) is 26.0 Å². The van der Waals surface area contributed by atoms with Gasteiger partial charge in [0.15, 0.2) is 5.78 Å². The molecule has 1 aliphatic rings. The lowest BCUT2D eigenvalue weighted by Crippen LogP contribution is -2.38. The summed E-state index contributed by atoms with van der Waals surface area (Å²) in [6.07, 6.45) is 3.90. The maximum Gasteiger partial charge on any atom is 0.159 e. The number of nitrogens with zero attached hydrogens (tertiary/aromatic N) is 3. The molecule has 3 rings (SSSR count). The SMILES string of the molecule is CC(=O)c1cccc(-c2cnn(CCN3CCOCC3)c2)c1. The summed E-state index contributed by atoms with van der Waals surface area (Å²) in [7, 11) is 0. The molecule has 0 radical (unpaired) electrons. The molecule has 1 aliphatic heterocycles. The van der Waals surface area contributed by atoms with Crippen molar-refractivity contribution < 1.29 is 9.53 Å². The molecule has 0 bridgehead atoms. The van der Waals surface area contributed by atoms with Crippen molar-refractivity contribution in [1.29, 1.82) is 0 Å². The monoisotopic (exact) mass is 299 g/mol. The Bertz CT molecular complexity index is 645. The summed E-state index contributed by atoms with van der Waals surface area (Å²) < 4.78 is 7.32. The number of ketones is 1. The molecule has 116 valence electrons. The molecule has 1 saturated heterocycles. The molecule has 0 amide bonds. The average Bonchev–Trinajstić information content (AvgIpc) is 3.03. The van der Waals surface area contributed by atoms with E-state index in [1.807, 2.05) is 41.3 Å². The van der Waals surface area contributed by atoms with Gasteiger partial charge in [-0.15, -0.1) is 0 Å². The van der Waals surface area contributed by atoms with Gasteiger partial charge in [-0.1, -0.05) is 18.2 Å². The van der Waals surface area contributed by atoms with Crippen molar-refractivity contribution in [2.75, 3.05) is 32.8 Å². The number of carbonyl (C=O) groups is 1. The van der Waals surface area contributed by atoms with Crippen LogP contribution in [0.15, 0.2) is 36.7 Å². The topological polar surface area (TPSA) is 47.4 Å². The molecule has 0 aliphatic carbocycles. The van der Waals surface area contributed by atoms with Crippen molar-refractivity contribution in [3.63, 3.8) is 0 Å². The van der Waals surface area contributed by atoms with Crippen molar-refractivity contribution in [3.05, 3.63) is 42.2 Å². The minimum atomic E-state index is 0.0848. The Morgan fingerprint density at radius 2 is 2.05 bits per heavy atom. The van der Waals surface area contributed by atoms with Crippen LogP contribution in [0.2, 0.25) is 0 Å². The predicted octanol–water partition coefficient (Wildman–Crippen LogP) is 2.08. The molecule has 0 spiro atoms. The Morgan fingerprint density at radius 1 is 1.23 bits per heavy atom. The van der Waals surface area contributed by atoms with Gasteiger partial charge in [0, 0.05) is 37.0 Å². The molecule has 5 nitrogen and oxygen atoms in total. The smallest absolute Gasteiger partial charge is 0.159 e. The van der Waals surface area contributed by atoms with Crippen LogP contribution < -0.4 is 0 Å². The second-order valence-electron chi connectivity index (χ2n) is 5.58. The predicted molar refractivity (Wildman–Crippen MR) is 84.9 cm³/mol. The van der Waals surface area contributed by atoms with Crippen LogP contribution in [0.5, 0.6) is 0 Å². The second kappa shape index (κ2) is 6.85. The van der Waals surface area contributed by atoms with Crippen LogP contribution >= 0.6 is 0 Å². The summed E-state index contributed by atoms with van der Waals surface area (Å²) in [5, 5.41) is 4.43. The van der Waals surface area contributed by atoms with Crippen LogP contribution in [0, 0.1) is 0 Å². The average molecular weight is 299 g/mol. The Balaban J connectivity index is 1.65. The number of benzene rings is 1. The van der Waals surface area contributed by atoms with Crippen molar-refractivity contribution in [2.45, 2.75) is 13.5 Å². The summed E-state index contributed by atoms with van der Waals surface area (Å²) in [6.45, 7) is 7.07. The van der Waals surface area contributed by atoms with Crippen molar-refractivity contribution >= 4 is 5.78 Å². The van der Waals surface area contributed by atoms with Gasteiger partial charge in [0.1, 0.15) is 0 Å². The molecule has 22 heavy (non-hydrogen) atoms. The minimum Gasteiger partial charge on any atom is -0.379 e. The third-order valence-corrected chi connectivity index (χ3v) is 3.98. The van der Waals surface area contributed by atoms with Gasteiger partial charge in [-0.3, -0.25) is 14.4 Å². The van der Waals surface area contributed by atoms with Crippen molar-refractivity contribution in [1.82, 2.24) is 14.7 Å². The molecule has 0 saturated carbocycles. The zero-order valence-corrected chi connectivity index (χ0v) is 12.9. The highest BCUT2D eigenvalue weighted by Crippen LogP contribution is 2.20. The van der Waals surface area contributed by atoms with Crippen LogP contribution in [0.3, 0.4) is 0 Å². The highest BCUT2D eigenvalue weighted by molar-refractivity contribution is 5.95. The van der Waals surface area contributed by atoms with Crippen LogP contribution in [0.4, 0.5) is 0 Å². The number of carbonyl (C=O) groups excluding carboxylic acids is 1. The third-order valence-electron chi connectivity index (χ3n) is 3.98. The maximum atomic E-state index is 11.5. The summed E-state index contributed by atoms with van der Waals surface area (Å²) in [4.78, 5) is 13.9. The van der Waals surface area contributed by atoms with E-state index in [2.05, 4.69) is 10.00 Å². The minimum absolute atomic E-state index is 0.0848. The van der Waals surface area contributed by atoms with E-state index in [1.54, 1.807) is 6.92 Å². The van der Waals surface area contributed by atoms with Crippen LogP contribution in [-0.4, -0.2) is 53.3 Å². The van der Waals surface area contributed by atoms with Crippen molar-refractivity contribution in [2.24, 2.45) is 0 Å². The van der Waals surface area contributed by atoms with Gasteiger partial charge in [-0.05, 0) is 18.6 Å². The molecule has 0 N–H and O–H groups in total. The van der Waals surface area contributed by atoms with Crippen LogP contribution in [-0.2, 0) is 11.3 Å². The highest BCUT2D eigenvalue weighted by atomic mass is 16.5. The molecule has 1 aromatic heterocycles. The number of morpholine rings is 1. The summed E-state index contributed by atoms with van der Waals surface area (Å²) >= 11 is 0. The zero-order chi connectivity index (χ0) is 15.4. The first-order valence-electron chi connectivity index (χ1n) is 7.66. The van der Waals surface area contributed by atoms with Gasteiger partial charge in [-0.2, -0.15) is 5.10 Å². The van der Waals surface area contributed by atoms with E-state index in [0.717, 1.165) is 56.1 Å². The fraction of sp³-hybridized carbons (Fsp3) is 0.412. The molecule has 2 aromatic rings. The van der Waals surface area contributed by atoms with E-state index in [4.69, 9.17) is 4.74 Å². The summed E-state index contributed by atoms with van der Waals surface area (Å²) in [5.74, 6) is 0.0848. The van der Waals surface area contributed by atoms with Gasteiger partial charge < -0.3 is 4.74 Å². The standard InChI is InChI=1S/C17H21N3O2/c1-14(21)15-3-2-4-16(11-15)17-12-18-20(13-17)6-5-19-7-9-22-10-8-19/h2-4,11-13H,5-10H2,1H3. The molecule has 1 fully saturated rings. The van der Waals surface area contributed by atoms with Crippen LogP contribution in [0.25, 0.3) is 11.1 Å². The number of Topliss-reactive ketones (excluding diaryl/α,β-unsaturated/α-hetero) is 1. The molecule has 2 heterocycles. The lowest BCUT2D eigenvalue weighted by molar-refractivity contribution is 0.0360. The lowest BCUT2D eigenvalue weighted by atomic mass is 10.0. The Hall–Kier alpha value is -1.98. The lowest BCUT2D eigenvalue weighted by Gasteiger charge is -2.26. The normalized spacial score (nSPS) is 15.9. The first-order chi connectivity index (χ1) is 10.7. The summed E-state index contributed by atoms with van der Waals surface area (Å²) in [5.41, 5.74) is 2.81. The quantitative estimate of drug-likeness (QED) is 0.793. The van der Waals surface area contributed by atoms with E-state index >= 15 is 0 Å². The van der Waals surface area contributed by atoms with Gasteiger partial charge in [0.25, 0.3) is 0 Å². The fourth-order valence-electron chi connectivity index (χ4n) is 2.62. The molecule has 0 unspecified atom stereocenters. The third kappa shape index (κ3) is 3.61. The second-order valence-corrected chi connectivity index (χ2v) is 5.58. The van der Waals surface area contributed by atoms with E-state index in [9.17, 15) is 4.79 Å². The Morgan fingerprint density at radius 3 is 2.82 bits per heavy atom. The van der Waals surface area contributed by atoms with E-state index in [0.29, 0.717) is 0 Å². The number of hydrogen-bond acceptors (Lipinski definition) is 4. The first kappa shape index (κ1) is 14.9. The maximum absolute atomic E-state index is 11.5. The van der Waals surface area contributed by atoms with Gasteiger partial charge >= 0.3 is 0 Å². The fourth-order valence-corrected chi connectivity index (χ4v) is 2.62. The number of rotatable bonds is 5.